The second-order valence-electron chi connectivity index (χ2n) is 8.74. The summed E-state index contributed by atoms with van der Waals surface area (Å²) in [5.74, 6) is 2.20. The molecule has 0 spiro atoms. The van der Waals surface area contributed by atoms with Gasteiger partial charge in [0, 0.05) is 27.4 Å². The predicted octanol–water partition coefficient (Wildman–Crippen LogP) is 4.39. The highest BCUT2D eigenvalue weighted by Gasteiger charge is 2.57. The van der Waals surface area contributed by atoms with Crippen molar-refractivity contribution in [3.63, 3.8) is 0 Å². The fraction of sp³-hybridized carbons (Fsp3) is 0.750. The maximum Gasteiger partial charge on any atom is 0.179 e. The topological polar surface area (TPSA) is 34.1 Å². The van der Waals surface area contributed by atoms with Crippen LogP contribution in [0.2, 0.25) is 0 Å². The van der Waals surface area contributed by atoms with Crippen molar-refractivity contribution in [2.45, 2.75) is 58.8 Å². The van der Waals surface area contributed by atoms with Crippen molar-refractivity contribution < 1.29 is 9.00 Å². The molecule has 0 N–H and O–H groups in total. The Morgan fingerprint density at radius 3 is 2.61 bits per heavy atom. The average Bonchev–Trinajstić information content (AvgIpc) is 2.88. The zero-order valence-corrected chi connectivity index (χ0v) is 15.4. The van der Waals surface area contributed by atoms with Crippen LogP contribution in [0.3, 0.4) is 0 Å². The van der Waals surface area contributed by atoms with E-state index in [0.29, 0.717) is 11.3 Å². The van der Waals surface area contributed by atoms with Crippen LogP contribution in [-0.4, -0.2) is 16.2 Å². The summed E-state index contributed by atoms with van der Waals surface area (Å²) >= 11 is 0. The molecule has 0 aromatic carbocycles. The van der Waals surface area contributed by atoms with E-state index in [4.69, 9.17) is 0 Å². The van der Waals surface area contributed by atoms with Crippen molar-refractivity contribution in [3.05, 3.63) is 22.6 Å². The quantitative estimate of drug-likeness (QED) is 0.713. The van der Waals surface area contributed by atoms with Crippen LogP contribution in [0.1, 0.15) is 58.8 Å². The minimum absolute atomic E-state index is 0.0441. The molecule has 0 aliphatic heterocycles. The monoisotopic (exact) mass is 332 g/mol. The number of carbonyl (C=O) groups excluding carboxylic acids is 1. The van der Waals surface area contributed by atoms with Gasteiger partial charge in [0.15, 0.2) is 5.78 Å². The van der Waals surface area contributed by atoms with E-state index in [9.17, 15) is 9.00 Å². The first-order chi connectivity index (χ1) is 10.9. The lowest BCUT2D eigenvalue weighted by molar-refractivity contribution is -0.111. The number of fused-ring (bicyclic) bond motifs is 5. The van der Waals surface area contributed by atoms with E-state index >= 15 is 0 Å². The molecule has 4 aliphatic carbocycles. The van der Waals surface area contributed by atoms with Crippen molar-refractivity contribution in [3.8, 4) is 0 Å². The third-order valence-electron chi connectivity index (χ3n) is 7.79. The molecule has 23 heavy (non-hydrogen) atoms. The molecule has 4 rings (SSSR count). The normalized spacial score (nSPS) is 47.1. The van der Waals surface area contributed by atoms with Crippen LogP contribution in [0.15, 0.2) is 22.6 Å². The van der Waals surface area contributed by atoms with Gasteiger partial charge in [-0.2, -0.15) is 0 Å². The summed E-state index contributed by atoms with van der Waals surface area (Å²) in [5, 5.41) is 0. The van der Waals surface area contributed by atoms with Gasteiger partial charge >= 0.3 is 0 Å². The molecule has 0 aromatic heterocycles. The van der Waals surface area contributed by atoms with Crippen LogP contribution in [0.4, 0.5) is 0 Å². The second-order valence-corrected chi connectivity index (χ2v) is 10.1. The third kappa shape index (κ3) is 2.11. The number of ketones is 1. The third-order valence-corrected chi connectivity index (χ3v) is 8.95. The predicted molar refractivity (Wildman–Crippen MR) is 94.2 cm³/mol. The van der Waals surface area contributed by atoms with E-state index in [1.54, 1.807) is 12.3 Å². The molecule has 3 saturated carbocycles. The second kappa shape index (κ2) is 5.15. The summed E-state index contributed by atoms with van der Waals surface area (Å²) in [6, 6.07) is 0. The first kappa shape index (κ1) is 15.8. The molecule has 3 heteroatoms. The van der Waals surface area contributed by atoms with Gasteiger partial charge in [-0.05, 0) is 73.8 Å². The molecule has 126 valence electrons. The number of hydrogen-bond donors (Lipinski definition) is 0. The highest BCUT2D eigenvalue weighted by Crippen LogP contribution is 2.65. The molecule has 1 unspecified atom stereocenters. The molecule has 3 fully saturated rings. The molecular weight excluding hydrogens is 304 g/mol. The van der Waals surface area contributed by atoms with Gasteiger partial charge in [0.25, 0.3) is 0 Å². The van der Waals surface area contributed by atoms with Crippen molar-refractivity contribution in [1.29, 1.82) is 0 Å². The fourth-order valence-corrected chi connectivity index (χ4v) is 7.82. The van der Waals surface area contributed by atoms with Gasteiger partial charge in [0.1, 0.15) is 0 Å². The Bertz CT molecular complexity index is 646. The molecule has 0 radical (unpaired) electrons. The lowest BCUT2D eigenvalue weighted by Crippen LogP contribution is -2.50. The van der Waals surface area contributed by atoms with Crippen LogP contribution in [0.25, 0.3) is 0 Å². The minimum atomic E-state index is -1.06. The Morgan fingerprint density at radius 1 is 1.09 bits per heavy atom. The number of carbonyl (C=O) groups is 1. The standard InChI is InChI=1S/C20H28O2S/c1-19-9-4-5-16(19)15-7-6-13-11-14(21)12-18(23(3)22)20(13,2)17(15)8-10-19/h11-12,15-17H,4-10H2,1-3H3/t15-,16-,17-,19-,20-,23?/m0/s1. The molecule has 6 atom stereocenters. The maximum absolute atomic E-state index is 12.4. The van der Waals surface area contributed by atoms with E-state index in [1.807, 2.05) is 6.08 Å². The molecule has 4 aliphatic rings. The van der Waals surface area contributed by atoms with Gasteiger partial charge in [-0.25, -0.2) is 0 Å². The summed E-state index contributed by atoms with van der Waals surface area (Å²) in [7, 11) is -1.06. The fourth-order valence-electron chi connectivity index (χ4n) is 6.66. The van der Waals surface area contributed by atoms with Crippen molar-refractivity contribution in [2.24, 2.45) is 28.6 Å². The van der Waals surface area contributed by atoms with E-state index in [0.717, 1.165) is 23.2 Å². The van der Waals surface area contributed by atoms with Crippen LogP contribution < -0.4 is 0 Å². The van der Waals surface area contributed by atoms with Gasteiger partial charge in [0.05, 0.1) is 0 Å². The first-order valence-corrected chi connectivity index (χ1v) is 10.7. The Morgan fingerprint density at radius 2 is 1.87 bits per heavy atom. The highest BCUT2D eigenvalue weighted by molar-refractivity contribution is 7.88. The minimum Gasteiger partial charge on any atom is -0.290 e. The molecule has 2 nitrogen and oxygen atoms in total. The average molecular weight is 333 g/mol. The van der Waals surface area contributed by atoms with Crippen LogP contribution in [0, 0.1) is 28.6 Å². The van der Waals surface area contributed by atoms with E-state index in [1.165, 1.54) is 44.1 Å². The van der Waals surface area contributed by atoms with Crippen LogP contribution >= 0.6 is 0 Å². The lowest BCUT2D eigenvalue weighted by atomic mass is 9.48. The van der Waals surface area contributed by atoms with E-state index in [-0.39, 0.29) is 11.2 Å². The van der Waals surface area contributed by atoms with Crippen LogP contribution in [-0.2, 0) is 15.6 Å². The SMILES string of the molecule is CS(=O)C1=CC(=O)C=C2CC[C@H]3[C@@H]4CCC[C@@]4(C)CC[C@@H]3[C@]21C. The van der Waals surface area contributed by atoms with Crippen molar-refractivity contribution in [1.82, 2.24) is 0 Å². The molecular formula is C20H28O2S. The summed E-state index contributed by atoms with van der Waals surface area (Å²) in [4.78, 5) is 13.0. The van der Waals surface area contributed by atoms with Crippen LogP contribution in [0.5, 0.6) is 0 Å². The summed E-state index contributed by atoms with van der Waals surface area (Å²) < 4.78 is 12.4. The highest BCUT2D eigenvalue weighted by atomic mass is 32.2. The molecule has 0 heterocycles. The molecule has 0 amide bonds. The number of hydrogen-bond acceptors (Lipinski definition) is 2. The molecule has 0 aromatic rings. The Balaban J connectivity index is 1.78. The number of rotatable bonds is 1. The lowest BCUT2D eigenvalue weighted by Gasteiger charge is -2.57. The Labute approximate surface area is 142 Å². The van der Waals surface area contributed by atoms with E-state index in [2.05, 4.69) is 13.8 Å². The van der Waals surface area contributed by atoms with Gasteiger partial charge in [0.2, 0.25) is 0 Å². The van der Waals surface area contributed by atoms with Gasteiger partial charge in [-0.15, -0.1) is 0 Å². The summed E-state index contributed by atoms with van der Waals surface area (Å²) in [6.07, 6.45) is 14.2. The zero-order chi connectivity index (χ0) is 16.4. The van der Waals surface area contributed by atoms with Gasteiger partial charge in [-0.1, -0.05) is 25.8 Å². The van der Waals surface area contributed by atoms with Gasteiger partial charge < -0.3 is 0 Å². The maximum atomic E-state index is 12.4. The Hall–Kier alpha value is -0.700. The van der Waals surface area contributed by atoms with Gasteiger partial charge in [-0.3, -0.25) is 9.00 Å². The smallest absolute Gasteiger partial charge is 0.179 e. The van der Waals surface area contributed by atoms with E-state index < -0.39 is 10.8 Å². The number of allylic oxidation sites excluding steroid dienone is 4. The Kier molecular flexibility index (Phi) is 3.54. The van der Waals surface area contributed by atoms with Crippen molar-refractivity contribution in [2.75, 3.05) is 6.26 Å². The zero-order valence-electron chi connectivity index (χ0n) is 14.6. The van der Waals surface area contributed by atoms with Crippen molar-refractivity contribution >= 4 is 16.6 Å². The molecule has 0 saturated heterocycles. The summed E-state index contributed by atoms with van der Waals surface area (Å²) in [5.41, 5.74) is 1.66. The first-order valence-electron chi connectivity index (χ1n) is 9.17. The summed E-state index contributed by atoms with van der Waals surface area (Å²) in [6.45, 7) is 4.79. The molecule has 0 bridgehead atoms. The largest absolute Gasteiger partial charge is 0.290 e.